The minimum atomic E-state index is -0.478. The number of esters is 1. The molecule has 0 radical (unpaired) electrons. The minimum absolute atomic E-state index is 0.349. The molecule has 0 atom stereocenters. The van der Waals surface area contributed by atoms with Gasteiger partial charge in [-0.3, -0.25) is 0 Å². The Morgan fingerprint density at radius 1 is 1.62 bits per heavy atom. The van der Waals surface area contributed by atoms with Crippen LogP contribution in [-0.4, -0.2) is 21.5 Å². The molecular formula is C8H11BrN2O2. The summed E-state index contributed by atoms with van der Waals surface area (Å²) in [6, 6.07) is 0. The molecule has 1 aromatic heterocycles. The molecule has 0 aliphatic rings. The maximum atomic E-state index is 11.4. The fourth-order valence-corrected chi connectivity index (χ4v) is 1.05. The van der Waals surface area contributed by atoms with Gasteiger partial charge in [-0.25, -0.2) is 9.78 Å². The molecule has 0 aliphatic heterocycles. The van der Waals surface area contributed by atoms with Gasteiger partial charge in [0.05, 0.1) is 6.20 Å². The van der Waals surface area contributed by atoms with Crippen LogP contribution in [-0.2, 0) is 4.74 Å². The Balaban J connectivity index is 2.70. The monoisotopic (exact) mass is 246 g/mol. The smallest absolute Gasteiger partial charge is 0.356 e. The topological polar surface area (TPSA) is 55.0 Å². The number of rotatable bonds is 1. The number of imidazole rings is 1. The summed E-state index contributed by atoms with van der Waals surface area (Å²) in [6.07, 6.45) is 1.43. The Bertz CT molecular complexity index is 314. The zero-order valence-electron chi connectivity index (χ0n) is 7.72. The van der Waals surface area contributed by atoms with Gasteiger partial charge in [-0.05, 0) is 36.7 Å². The Kier molecular flexibility index (Phi) is 2.75. The first-order valence-electron chi connectivity index (χ1n) is 3.82. The van der Waals surface area contributed by atoms with Crippen LogP contribution in [0.15, 0.2) is 10.9 Å². The van der Waals surface area contributed by atoms with Crippen LogP contribution in [0.2, 0.25) is 0 Å². The lowest BCUT2D eigenvalue weighted by molar-refractivity contribution is 0.00634. The number of carbonyl (C=O) groups is 1. The van der Waals surface area contributed by atoms with Crippen LogP contribution in [0.1, 0.15) is 31.3 Å². The van der Waals surface area contributed by atoms with E-state index in [1.165, 1.54) is 6.20 Å². The molecule has 0 bridgehead atoms. The van der Waals surface area contributed by atoms with Crippen LogP contribution >= 0.6 is 15.9 Å². The second-order valence-corrected chi connectivity index (χ2v) is 4.34. The summed E-state index contributed by atoms with van der Waals surface area (Å²) < 4.78 is 5.63. The maximum Gasteiger partial charge on any atom is 0.356 e. The molecule has 1 heterocycles. The Morgan fingerprint density at radius 2 is 2.23 bits per heavy atom. The van der Waals surface area contributed by atoms with Gasteiger partial charge in [0.1, 0.15) is 11.3 Å². The second-order valence-electron chi connectivity index (χ2n) is 3.59. The summed E-state index contributed by atoms with van der Waals surface area (Å²) in [5, 5.41) is 0. The first-order valence-corrected chi connectivity index (χ1v) is 4.61. The van der Waals surface area contributed by atoms with Gasteiger partial charge in [-0.2, -0.15) is 0 Å². The third-order valence-corrected chi connectivity index (χ3v) is 1.57. The van der Waals surface area contributed by atoms with Gasteiger partial charge in [0.2, 0.25) is 0 Å². The van der Waals surface area contributed by atoms with Gasteiger partial charge in [0.15, 0.2) is 4.73 Å². The van der Waals surface area contributed by atoms with E-state index in [2.05, 4.69) is 25.9 Å². The van der Waals surface area contributed by atoms with E-state index < -0.39 is 11.6 Å². The van der Waals surface area contributed by atoms with Crippen molar-refractivity contribution < 1.29 is 9.53 Å². The molecule has 0 saturated carbocycles. The summed E-state index contributed by atoms with van der Waals surface area (Å²) in [7, 11) is 0. The third kappa shape index (κ3) is 3.18. The highest BCUT2D eigenvalue weighted by Crippen LogP contribution is 2.12. The predicted octanol–water partition coefficient (Wildman–Crippen LogP) is 2.13. The highest BCUT2D eigenvalue weighted by atomic mass is 79.9. The van der Waals surface area contributed by atoms with Crippen LogP contribution in [0.3, 0.4) is 0 Å². The van der Waals surface area contributed by atoms with Crippen molar-refractivity contribution in [2.75, 3.05) is 0 Å². The summed E-state index contributed by atoms with van der Waals surface area (Å²) in [6.45, 7) is 5.45. The van der Waals surface area contributed by atoms with Crippen LogP contribution in [0.4, 0.5) is 0 Å². The van der Waals surface area contributed by atoms with Gasteiger partial charge in [-0.15, -0.1) is 0 Å². The Morgan fingerprint density at radius 3 is 2.62 bits per heavy atom. The van der Waals surface area contributed by atoms with Crippen molar-refractivity contribution in [1.82, 2.24) is 9.97 Å². The molecule has 0 saturated heterocycles. The second kappa shape index (κ2) is 3.49. The average molecular weight is 247 g/mol. The molecule has 5 heteroatoms. The van der Waals surface area contributed by atoms with E-state index in [1.54, 1.807) is 0 Å². The van der Waals surface area contributed by atoms with E-state index in [0.29, 0.717) is 10.4 Å². The molecule has 1 rings (SSSR count). The molecule has 0 aliphatic carbocycles. The molecular weight excluding hydrogens is 236 g/mol. The molecule has 1 aromatic rings. The van der Waals surface area contributed by atoms with E-state index >= 15 is 0 Å². The van der Waals surface area contributed by atoms with E-state index in [-0.39, 0.29) is 0 Å². The molecule has 0 spiro atoms. The van der Waals surface area contributed by atoms with Crippen molar-refractivity contribution in [2.24, 2.45) is 0 Å². The van der Waals surface area contributed by atoms with Crippen LogP contribution < -0.4 is 0 Å². The van der Waals surface area contributed by atoms with E-state index in [1.807, 2.05) is 20.8 Å². The van der Waals surface area contributed by atoms with Crippen molar-refractivity contribution in [3.8, 4) is 0 Å². The third-order valence-electron chi connectivity index (χ3n) is 1.16. The number of halogens is 1. The van der Waals surface area contributed by atoms with Gasteiger partial charge in [0.25, 0.3) is 0 Å². The molecule has 0 amide bonds. The molecule has 4 nitrogen and oxygen atoms in total. The molecule has 13 heavy (non-hydrogen) atoms. The normalized spacial score (nSPS) is 11.4. The zero-order chi connectivity index (χ0) is 10.1. The first-order chi connectivity index (χ1) is 5.88. The van der Waals surface area contributed by atoms with Crippen molar-refractivity contribution in [3.63, 3.8) is 0 Å². The lowest BCUT2D eigenvalue weighted by Gasteiger charge is -2.18. The number of hydrogen-bond acceptors (Lipinski definition) is 3. The van der Waals surface area contributed by atoms with Crippen LogP contribution in [0.25, 0.3) is 0 Å². The van der Waals surface area contributed by atoms with Crippen molar-refractivity contribution >= 4 is 21.9 Å². The van der Waals surface area contributed by atoms with Gasteiger partial charge in [-0.1, -0.05) is 0 Å². The number of nitrogens with one attached hydrogen (secondary N) is 1. The van der Waals surface area contributed by atoms with E-state index in [9.17, 15) is 4.79 Å². The number of hydrogen-bond donors (Lipinski definition) is 1. The fourth-order valence-electron chi connectivity index (χ4n) is 0.734. The number of aromatic nitrogens is 2. The minimum Gasteiger partial charge on any atom is -0.455 e. The molecule has 0 fully saturated rings. The van der Waals surface area contributed by atoms with Gasteiger partial charge in [0, 0.05) is 0 Å². The number of aromatic amines is 1. The van der Waals surface area contributed by atoms with E-state index in [4.69, 9.17) is 4.74 Å². The average Bonchev–Trinajstić information content (AvgIpc) is 2.31. The van der Waals surface area contributed by atoms with E-state index in [0.717, 1.165) is 0 Å². The summed E-state index contributed by atoms with van der Waals surface area (Å²) >= 11 is 3.11. The number of H-pyrrole nitrogens is 1. The Labute approximate surface area is 84.8 Å². The maximum absolute atomic E-state index is 11.4. The summed E-state index contributed by atoms with van der Waals surface area (Å²) in [4.78, 5) is 17.9. The van der Waals surface area contributed by atoms with Crippen LogP contribution in [0.5, 0.6) is 0 Å². The molecule has 0 unspecified atom stereocenters. The van der Waals surface area contributed by atoms with Crippen molar-refractivity contribution in [1.29, 1.82) is 0 Å². The largest absolute Gasteiger partial charge is 0.455 e. The lowest BCUT2D eigenvalue weighted by Crippen LogP contribution is -2.24. The lowest BCUT2D eigenvalue weighted by atomic mass is 10.2. The highest BCUT2D eigenvalue weighted by Gasteiger charge is 2.18. The van der Waals surface area contributed by atoms with Gasteiger partial charge < -0.3 is 9.72 Å². The van der Waals surface area contributed by atoms with Crippen molar-refractivity contribution in [3.05, 3.63) is 16.6 Å². The summed E-state index contributed by atoms with van der Waals surface area (Å²) in [5.74, 6) is -0.397. The summed E-state index contributed by atoms with van der Waals surface area (Å²) in [5.41, 5.74) is -0.129. The van der Waals surface area contributed by atoms with Gasteiger partial charge >= 0.3 is 5.97 Å². The van der Waals surface area contributed by atoms with Crippen LogP contribution in [0, 0.1) is 0 Å². The number of nitrogens with zero attached hydrogens (tertiary/aromatic N) is 1. The van der Waals surface area contributed by atoms with Crippen molar-refractivity contribution in [2.45, 2.75) is 26.4 Å². The quantitative estimate of drug-likeness (QED) is 0.773. The molecule has 1 N–H and O–H groups in total. The SMILES string of the molecule is CC(C)(C)OC(=O)c1cnc(Br)[nH]1. The predicted molar refractivity (Wildman–Crippen MR) is 51.5 cm³/mol. The Hall–Kier alpha value is -0.840. The highest BCUT2D eigenvalue weighted by molar-refractivity contribution is 9.10. The standard InChI is InChI=1S/C8H11BrN2O2/c1-8(2,3)13-6(12)5-4-10-7(9)11-5/h4H,1-3H3,(H,10,11). The number of ether oxygens (including phenoxy) is 1. The number of carbonyl (C=O) groups excluding carboxylic acids is 1. The molecule has 0 aromatic carbocycles. The fraction of sp³-hybridized carbons (Fsp3) is 0.500. The molecule has 72 valence electrons. The first kappa shape index (κ1) is 10.2. The zero-order valence-corrected chi connectivity index (χ0v) is 9.31.